The lowest BCUT2D eigenvalue weighted by Crippen LogP contribution is -2.35. The van der Waals surface area contributed by atoms with E-state index < -0.39 is 0 Å². The molecule has 2 heterocycles. The number of carbonyl (C=O) groups is 1. The second-order valence-corrected chi connectivity index (χ2v) is 6.51. The summed E-state index contributed by atoms with van der Waals surface area (Å²) in [4.78, 5) is 25.7. The molecule has 23 heavy (non-hydrogen) atoms. The monoisotopic (exact) mass is 333 g/mol. The molecule has 2 atom stereocenters. The van der Waals surface area contributed by atoms with Crippen LogP contribution in [0, 0.1) is 6.92 Å². The number of aromatic nitrogens is 3. The summed E-state index contributed by atoms with van der Waals surface area (Å²) in [5.41, 5.74) is 0.646. The molecule has 0 aromatic carbocycles. The minimum atomic E-state index is -0.337. The summed E-state index contributed by atoms with van der Waals surface area (Å²) < 4.78 is 11.1. The predicted octanol–water partition coefficient (Wildman–Crippen LogP) is 3.02. The van der Waals surface area contributed by atoms with Crippen LogP contribution in [-0.4, -0.2) is 40.2 Å². The number of nitrogens with zero attached hydrogens (tertiary/aromatic N) is 3. The number of thiazole rings is 1. The van der Waals surface area contributed by atoms with E-state index in [-0.39, 0.29) is 18.2 Å². The third-order valence-corrected chi connectivity index (χ3v) is 5.08. The highest BCUT2D eigenvalue weighted by atomic mass is 32.1. The first kappa shape index (κ1) is 16.0. The van der Waals surface area contributed by atoms with Crippen molar-refractivity contribution in [3.8, 4) is 10.8 Å². The van der Waals surface area contributed by atoms with Crippen molar-refractivity contribution in [3.63, 3.8) is 0 Å². The van der Waals surface area contributed by atoms with Crippen LogP contribution in [0.2, 0.25) is 0 Å². The largest absolute Gasteiger partial charge is 0.455 e. The molecule has 2 aromatic heterocycles. The van der Waals surface area contributed by atoms with Crippen molar-refractivity contribution in [1.82, 2.24) is 15.0 Å². The second-order valence-electron chi connectivity index (χ2n) is 5.51. The van der Waals surface area contributed by atoms with Crippen molar-refractivity contribution in [1.29, 1.82) is 0 Å². The lowest BCUT2D eigenvalue weighted by atomic mass is 9.94. The average Bonchev–Trinajstić information content (AvgIpc) is 2.98. The van der Waals surface area contributed by atoms with E-state index >= 15 is 0 Å². The van der Waals surface area contributed by atoms with Crippen molar-refractivity contribution in [2.45, 2.75) is 44.8 Å². The molecule has 1 aliphatic rings. The smallest absolute Gasteiger partial charge is 0.350 e. The van der Waals surface area contributed by atoms with Gasteiger partial charge in [-0.1, -0.05) is 6.42 Å². The normalized spacial score (nSPS) is 21.1. The molecule has 0 radical (unpaired) electrons. The van der Waals surface area contributed by atoms with Gasteiger partial charge in [-0.05, 0) is 32.3 Å². The van der Waals surface area contributed by atoms with Crippen LogP contribution in [0.4, 0.5) is 0 Å². The molecular weight excluding hydrogens is 314 g/mol. The van der Waals surface area contributed by atoms with E-state index in [0.29, 0.717) is 21.4 Å². The summed E-state index contributed by atoms with van der Waals surface area (Å²) in [7, 11) is 1.67. The average molecular weight is 333 g/mol. The number of ether oxygens (including phenoxy) is 2. The highest BCUT2D eigenvalue weighted by molar-refractivity contribution is 7.16. The minimum Gasteiger partial charge on any atom is -0.455 e. The Balaban J connectivity index is 1.76. The first-order valence-corrected chi connectivity index (χ1v) is 8.49. The molecule has 6 nitrogen and oxygen atoms in total. The third-order valence-electron chi connectivity index (χ3n) is 3.94. The van der Waals surface area contributed by atoms with Gasteiger partial charge in [-0.25, -0.2) is 19.7 Å². The molecule has 0 bridgehead atoms. The lowest BCUT2D eigenvalue weighted by molar-refractivity contribution is -0.0537. The Kier molecular flexibility index (Phi) is 4.97. The number of hydrogen-bond donors (Lipinski definition) is 0. The van der Waals surface area contributed by atoms with Crippen LogP contribution in [0.15, 0.2) is 18.5 Å². The van der Waals surface area contributed by atoms with Crippen molar-refractivity contribution in [2.75, 3.05) is 7.11 Å². The van der Waals surface area contributed by atoms with Gasteiger partial charge in [-0.15, -0.1) is 11.3 Å². The van der Waals surface area contributed by atoms with Crippen molar-refractivity contribution in [3.05, 3.63) is 29.0 Å². The Bertz CT molecular complexity index is 674. The first-order chi connectivity index (χ1) is 11.2. The molecule has 1 saturated carbocycles. The quantitative estimate of drug-likeness (QED) is 0.801. The molecule has 0 aliphatic heterocycles. The number of rotatable bonds is 4. The maximum absolute atomic E-state index is 12.5. The summed E-state index contributed by atoms with van der Waals surface area (Å²) >= 11 is 1.27. The maximum Gasteiger partial charge on any atom is 0.350 e. The maximum atomic E-state index is 12.5. The highest BCUT2D eigenvalue weighted by Gasteiger charge is 2.30. The topological polar surface area (TPSA) is 74.2 Å². The van der Waals surface area contributed by atoms with Gasteiger partial charge in [-0.3, -0.25) is 0 Å². The highest BCUT2D eigenvalue weighted by Crippen LogP contribution is 2.28. The molecule has 0 N–H and O–H groups in total. The van der Waals surface area contributed by atoms with Gasteiger partial charge in [0.1, 0.15) is 11.0 Å². The molecule has 2 aromatic rings. The van der Waals surface area contributed by atoms with Crippen LogP contribution >= 0.6 is 11.3 Å². The fraction of sp³-hybridized carbons (Fsp3) is 0.500. The molecule has 0 spiro atoms. The molecule has 0 unspecified atom stereocenters. The van der Waals surface area contributed by atoms with Crippen molar-refractivity contribution in [2.24, 2.45) is 0 Å². The number of hydrogen-bond acceptors (Lipinski definition) is 7. The van der Waals surface area contributed by atoms with Crippen molar-refractivity contribution < 1.29 is 14.3 Å². The van der Waals surface area contributed by atoms with E-state index in [9.17, 15) is 4.79 Å². The van der Waals surface area contributed by atoms with Crippen LogP contribution in [0.3, 0.4) is 0 Å². The molecular formula is C16H19N3O3S. The number of aryl methyl sites for hydroxylation is 1. The van der Waals surface area contributed by atoms with E-state index in [1.165, 1.54) is 11.3 Å². The Labute approximate surface area is 138 Å². The van der Waals surface area contributed by atoms with Gasteiger partial charge in [0.2, 0.25) is 0 Å². The summed E-state index contributed by atoms with van der Waals surface area (Å²) in [6.45, 7) is 1.80. The number of carbonyl (C=O) groups excluding carboxylic acids is 1. The molecule has 0 amide bonds. The standard InChI is InChI=1S/C16H19N3O3S/c1-10-13(23-15(19-10)14-17-8-5-9-18-14)16(20)22-12-7-4-3-6-11(12)21-2/h5,8-9,11-12H,3-4,6-7H2,1-2H3/t11-,12+/m1/s1. The zero-order chi connectivity index (χ0) is 16.2. The summed E-state index contributed by atoms with van der Waals surface area (Å²) in [6.07, 6.45) is 7.06. The predicted molar refractivity (Wildman–Crippen MR) is 86.3 cm³/mol. The first-order valence-electron chi connectivity index (χ1n) is 7.67. The molecule has 122 valence electrons. The Hall–Kier alpha value is -1.86. The lowest BCUT2D eigenvalue weighted by Gasteiger charge is -2.29. The molecule has 7 heteroatoms. The number of esters is 1. The zero-order valence-electron chi connectivity index (χ0n) is 13.2. The molecule has 3 rings (SSSR count). The van der Waals surface area contributed by atoms with Crippen LogP contribution in [0.25, 0.3) is 10.8 Å². The van der Waals surface area contributed by atoms with Gasteiger partial charge in [0, 0.05) is 19.5 Å². The Morgan fingerprint density at radius 1 is 1.22 bits per heavy atom. The zero-order valence-corrected chi connectivity index (χ0v) is 14.0. The summed E-state index contributed by atoms with van der Waals surface area (Å²) in [5, 5.41) is 0.627. The molecule has 1 aliphatic carbocycles. The van der Waals surface area contributed by atoms with E-state index in [1.54, 1.807) is 32.5 Å². The SMILES string of the molecule is CO[C@@H]1CCCC[C@@H]1OC(=O)c1sc(-c2ncccn2)nc1C. The van der Waals surface area contributed by atoms with Crippen LogP contribution in [0.5, 0.6) is 0 Å². The number of methoxy groups -OCH3 is 1. The summed E-state index contributed by atoms with van der Waals surface area (Å²) in [5.74, 6) is 0.184. The Morgan fingerprint density at radius 2 is 1.91 bits per heavy atom. The Morgan fingerprint density at radius 3 is 2.61 bits per heavy atom. The van der Waals surface area contributed by atoms with E-state index in [0.717, 1.165) is 25.7 Å². The van der Waals surface area contributed by atoms with Crippen molar-refractivity contribution >= 4 is 17.3 Å². The molecule has 0 saturated heterocycles. The minimum absolute atomic E-state index is 0.0159. The van der Waals surface area contributed by atoms with Crippen LogP contribution in [0.1, 0.15) is 41.0 Å². The van der Waals surface area contributed by atoms with Crippen LogP contribution in [-0.2, 0) is 9.47 Å². The van der Waals surface area contributed by atoms with E-state index in [4.69, 9.17) is 9.47 Å². The second kappa shape index (κ2) is 7.14. The van der Waals surface area contributed by atoms with Gasteiger partial charge >= 0.3 is 5.97 Å². The van der Waals surface area contributed by atoms with Gasteiger partial charge in [0.25, 0.3) is 0 Å². The van der Waals surface area contributed by atoms with Gasteiger partial charge in [0.15, 0.2) is 10.8 Å². The fourth-order valence-corrected chi connectivity index (χ4v) is 3.65. The molecule has 1 fully saturated rings. The van der Waals surface area contributed by atoms with Crippen LogP contribution < -0.4 is 0 Å². The van der Waals surface area contributed by atoms with E-state index in [2.05, 4.69) is 15.0 Å². The van der Waals surface area contributed by atoms with Gasteiger partial charge in [0.05, 0.1) is 11.8 Å². The van der Waals surface area contributed by atoms with Gasteiger partial charge in [-0.2, -0.15) is 0 Å². The third kappa shape index (κ3) is 3.56. The van der Waals surface area contributed by atoms with E-state index in [1.807, 2.05) is 0 Å². The van der Waals surface area contributed by atoms with Gasteiger partial charge < -0.3 is 9.47 Å². The summed E-state index contributed by atoms with van der Waals surface area (Å²) in [6, 6.07) is 1.74. The fourth-order valence-electron chi connectivity index (χ4n) is 2.75.